The van der Waals surface area contributed by atoms with Crippen LogP contribution in [-0.4, -0.2) is 23.2 Å². The molecule has 2 atom stereocenters. The average Bonchev–Trinajstić information content (AvgIpc) is 3.63. The normalized spacial score (nSPS) is 21.0. The number of thiophene rings is 2. The first kappa shape index (κ1) is 21.3. The van der Waals surface area contributed by atoms with Crippen molar-refractivity contribution in [2.24, 2.45) is 11.0 Å². The van der Waals surface area contributed by atoms with Crippen LogP contribution in [0.2, 0.25) is 0 Å². The minimum Gasteiger partial charge on any atom is -0.484 e. The molecule has 1 fully saturated rings. The summed E-state index contributed by atoms with van der Waals surface area (Å²) in [7, 11) is 0. The lowest BCUT2D eigenvalue weighted by atomic mass is 9.79. The predicted molar refractivity (Wildman–Crippen MR) is 140 cm³/mol. The number of amides is 1. The first-order valence-electron chi connectivity index (χ1n) is 11.6. The molecule has 2 aromatic heterocycles. The summed E-state index contributed by atoms with van der Waals surface area (Å²) in [5, 5.41) is 13.0. The Morgan fingerprint density at radius 2 is 1.88 bits per heavy atom. The van der Waals surface area contributed by atoms with Gasteiger partial charge in [0.05, 0.1) is 11.8 Å². The lowest BCUT2D eigenvalue weighted by Gasteiger charge is -2.28. The highest BCUT2D eigenvalue weighted by Crippen LogP contribution is 2.45. The van der Waals surface area contributed by atoms with E-state index in [1.54, 1.807) is 27.7 Å². The maximum absolute atomic E-state index is 13.4. The van der Waals surface area contributed by atoms with Gasteiger partial charge in [-0.25, -0.2) is 5.01 Å². The fourth-order valence-electron chi connectivity index (χ4n) is 4.96. The zero-order valence-corrected chi connectivity index (χ0v) is 20.2. The Bertz CT molecular complexity index is 1370. The van der Waals surface area contributed by atoms with E-state index in [-0.39, 0.29) is 24.5 Å². The molecule has 6 rings (SSSR count). The van der Waals surface area contributed by atoms with Gasteiger partial charge in [-0.15, -0.1) is 22.7 Å². The van der Waals surface area contributed by atoms with Crippen LogP contribution in [0.3, 0.4) is 0 Å². The van der Waals surface area contributed by atoms with Crippen molar-refractivity contribution in [2.75, 3.05) is 6.61 Å². The minimum atomic E-state index is -0.107. The van der Waals surface area contributed by atoms with E-state index in [4.69, 9.17) is 9.84 Å². The van der Waals surface area contributed by atoms with Crippen molar-refractivity contribution < 1.29 is 9.53 Å². The number of ether oxygens (including phenoxy) is 1. The Balaban J connectivity index is 1.28. The molecule has 4 nitrogen and oxygen atoms in total. The predicted octanol–water partition coefficient (Wildman–Crippen LogP) is 7.16. The van der Waals surface area contributed by atoms with E-state index in [1.165, 1.54) is 15.3 Å². The fraction of sp³-hybridized carbons (Fsp3) is 0.214. The maximum atomic E-state index is 13.4. The van der Waals surface area contributed by atoms with E-state index < -0.39 is 0 Å². The van der Waals surface area contributed by atoms with Crippen LogP contribution in [0, 0.1) is 5.92 Å². The zero-order chi connectivity index (χ0) is 22.9. The molecule has 4 aromatic rings. The molecule has 2 unspecified atom stereocenters. The molecule has 6 heteroatoms. The van der Waals surface area contributed by atoms with Gasteiger partial charge in [0.2, 0.25) is 0 Å². The summed E-state index contributed by atoms with van der Waals surface area (Å²) < 4.78 is 5.95. The Morgan fingerprint density at radius 1 is 1.03 bits per heavy atom. The SMILES string of the molecule is O=C(COc1ccc2ccccc2c1)N1N=C2/C(=C\c3cccs3)CCCC2C1c1cccs1. The fourth-order valence-corrected chi connectivity index (χ4v) is 6.52. The van der Waals surface area contributed by atoms with Crippen LogP contribution >= 0.6 is 22.7 Å². The Kier molecular flexibility index (Phi) is 5.77. The topological polar surface area (TPSA) is 41.9 Å². The van der Waals surface area contributed by atoms with E-state index in [0.29, 0.717) is 5.75 Å². The van der Waals surface area contributed by atoms with Gasteiger partial charge in [-0.05, 0) is 76.7 Å². The van der Waals surface area contributed by atoms with Crippen LogP contribution < -0.4 is 4.74 Å². The number of carbonyl (C=O) groups excluding carboxylic acids is 1. The third kappa shape index (κ3) is 4.08. The van der Waals surface area contributed by atoms with Crippen LogP contribution in [-0.2, 0) is 4.79 Å². The first-order chi connectivity index (χ1) is 16.8. The summed E-state index contributed by atoms with van der Waals surface area (Å²) in [4.78, 5) is 15.8. The Morgan fingerprint density at radius 3 is 2.71 bits per heavy atom. The third-order valence-corrected chi connectivity index (χ3v) is 8.30. The van der Waals surface area contributed by atoms with Gasteiger partial charge in [0, 0.05) is 15.7 Å². The molecular weight excluding hydrogens is 460 g/mol. The highest BCUT2D eigenvalue weighted by molar-refractivity contribution is 7.11. The molecule has 1 aliphatic heterocycles. The molecule has 2 aliphatic rings. The van der Waals surface area contributed by atoms with Crippen LogP contribution in [0.15, 0.2) is 88.2 Å². The highest BCUT2D eigenvalue weighted by Gasteiger charge is 2.44. The number of hydrogen-bond acceptors (Lipinski definition) is 5. The largest absolute Gasteiger partial charge is 0.484 e. The van der Waals surface area contributed by atoms with Gasteiger partial charge in [-0.2, -0.15) is 5.10 Å². The van der Waals surface area contributed by atoms with Gasteiger partial charge in [0.1, 0.15) is 5.75 Å². The van der Waals surface area contributed by atoms with Crippen molar-refractivity contribution in [3.05, 3.63) is 92.8 Å². The zero-order valence-electron chi connectivity index (χ0n) is 18.6. The number of hydrazone groups is 1. The molecular formula is C28H24N2O2S2. The van der Waals surface area contributed by atoms with Gasteiger partial charge in [0.25, 0.3) is 5.91 Å². The van der Waals surface area contributed by atoms with Crippen molar-refractivity contribution in [3.63, 3.8) is 0 Å². The van der Waals surface area contributed by atoms with Crippen molar-refractivity contribution in [1.29, 1.82) is 0 Å². The van der Waals surface area contributed by atoms with Crippen molar-refractivity contribution in [2.45, 2.75) is 25.3 Å². The van der Waals surface area contributed by atoms with Crippen LogP contribution in [0.4, 0.5) is 0 Å². The number of benzene rings is 2. The molecule has 2 aromatic carbocycles. The average molecular weight is 485 g/mol. The quantitative estimate of drug-likeness (QED) is 0.301. The number of nitrogens with zero attached hydrogens (tertiary/aromatic N) is 2. The van der Waals surface area contributed by atoms with Gasteiger partial charge >= 0.3 is 0 Å². The van der Waals surface area contributed by atoms with Crippen LogP contribution in [0.5, 0.6) is 5.75 Å². The van der Waals surface area contributed by atoms with Crippen molar-refractivity contribution in [1.82, 2.24) is 5.01 Å². The van der Waals surface area contributed by atoms with Gasteiger partial charge in [0.15, 0.2) is 6.61 Å². The van der Waals surface area contributed by atoms with E-state index in [2.05, 4.69) is 53.2 Å². The molecule has 1 amide bonds. The molecule has 0 bridgehead atoms. The second kappa shape index (κ2) is 9.20. The van der Waals surface area contributed by atoms with E-state index >= 15 is 0 Å². The number of allylic oxidation sites excluding steroid dienone is 1. The van der Waals surface area contributed by atoms with Crippen molar-refractivity contribution >= 4 is 51.1 Å². The molecule has 0 radical (unpaired) electrons. The van der Waals surface area contributed by atoms with Gasteiger partial charge < -0.3 is 4.74 Å². The smallest absolute Gasteiger partial charge is 0.281 e. The summed E-state index contributed by atoms with van der Waals surface area (Å²) in [5.41, 5.74) is 2.32. The number of carbonyl (C=O) groups is 1. The summed E-state index contributed by atoms with van der Waals surface area (Å²) in [5.74, 6) is 0.814. The van der Waals surface area contributed by atoms with E-state index in [0.717, 1.165) is 35.7 Å². The van der Waals surface area contributed by atoms with Crippen LogP contribution in [0.1, 0.15) is 35.1 Å². The second-order valence-electron chi connectivity index (χ2n) is 8.67. The molecule has 0 N–H and O–H groups in total. The maximum Gasteiger partial charge on any atom is 0.281 e. The van der Waals surface area contributed by atoms with E-state index in [9.17, 15) is 4.79 Å². The number of fused-ring (bicyclic) bond motifs is 2. The molecule has 170 valence electrons. The Labute approximate surface area is 206 Å². The number of rotatable bonds is 5. The van der Waals surface area contributed by atoms with Crippen molar-refractivity contribution in [3.8, 4) is 5.75 Å². The van der Waals surface area contributed by atoms with E-state index in [1.807, 2.05) is 30.3 Å². The minimum absolute atomic E-state index is 0.0340. The first-order valence-corrected chi connectivity index (χ1v) is 13.3. The lowest BCUT2D eigenvalue weighted by Crippen LogP contribution is -2.34. The molecule has 0 spiro atoms. The standard InChI is InChI=1S/C28H24N2O2S2/c31-26(18-32-22-13-12-19-6-1-2-7-20(19)16-22)30-28(25-11-5-15-34-25)24-10-3-8-21(27(24)29-30)17-23-9-4-14-33-23/h1-2,4-7,9,11-17,24,28H,3,8,10,18H2/b21-17-. The molecule has 34 heavy (non-hydrogen) atoms. The van der Waals surface area contributed by atoms with Crippen LogP contribution in [0.25, 0.3) is 16.8 Å². The lowest BCUT2D eigenvalue weighted by molar-refractivity contribution is -0.135. The Hall–Kier alpha value is -3.22. The summed E-state index contributed by atoms with van der Waals surface area (Å²) in [6.07, 6.45) is 5.40. The highest BCUT2D eigenvalue weighted by atomic mass is 32.1. The summed E-state index contributed by atoms with van der Waals surface area (Å²) in [6, 6.07) is 22.4. The molecule has 0 saturated heterocycles. The summed E-state index contributed by atoms with van der Waals surface area (Å²) in [6.45, 7) is -0.0340. The molecule has 1 aliphatic carbocycles. The number of hydrogen-bond donors (Lipinski definition) is 0. The third-order valence-electron chi connectivity index (χ3n) is 6.53. The van der Waals surface area contributed by atoms with Gasteiger partial charge in [-0.1, -0.05) is 42.5 Å². The molecule has 1 saturated carbocycles. The monoisotopic (exact) mass is 484 g/mol. The summed E-state index contributed by atoms with van der Waals surface area (Å²) >= 11 is 3.43. The second-order valence-corrected chi connectivity index (χ2v) is 10.6. The van der Waals surface area contributed by atoms with Gasteiger partial charge in [-0.3, -0.25) is 4.79 Å². The molecule has 3 heterocycles.